The second kappa shape index (κ2) is 3.71. The molecule has 15 heavy (non-hydrogen) atoms. The molecule has 0 saturated heterocycles. The van der Waals surface area contributed by atoms with Crippen molar-refractivity contribution in [3.63, 3.8) is 0 Å². The van der Waals surface area contributed by atoms with E-state index >= 15 is 0 Å². The summed E-state index contributed by atoms with van der Waals surface area (Å²) in [6.45, 7) is 0. The first kappa shape index (κ1) is 9.52. The van der Waals surface area contributed by atoms with E-state index in [1.54, 1.807) is 0 Å². The Balaban J connectivity index is 1.76. The van der Waals surface area contributed by atoms with E-state index in [0.29, 0.717) is 12.2 Å². The summed E-state index contributed by atoms with van der Waals surface area (Å²) in [4.78, 5) is 0. The third kappa shape index (κ3) is 2.65. The van der Waals surface area contributed by atoms with Gasteiger partial charge >= 0.3 is 0 Å². The molecule has 2 aliphatic carbocycles. The van der Waals surface area contributed by atoms with E-state index < -0.39 is 0 Å². The normalized spacial score (nSPS) is 20.1. The minimum absolute atomic E-state index is 0.438. The predicted molar refractivity (Wildman–Crippen MR) is 61.4 cm³/mol. The van der Waals surface area contributed by atoms with Crippen LogP contribution in [0, 0.1) is 0 Å². The first-order chi connectivity index (χ1) is 7.29. The van der Waals surface area contributed by atoms with E-state index in [2.05, 4.69) is 15.9 Å². The molecule has 0 bridgehead atoms. The van der Waals surface area contributed by atoms with Crippen molar-refractivity contribution in [3.05, 3.63) is 22.7 Å². The molecule has 2 aliphatic rings. The highest BCUT2D eigenvalue weighted by Crippen LogP contribution is 2.34. The van der Waals surface area contributed by atoms with Crippen LogP contribution in [0.2, 0.25) is 0 Å². The minimum Gasteiger partial charge on any atom is -0.490 e. The zero-order valence-electron chi connectivity index (χ0n) is 8.41. The lowest BCUT2D eigenvalue weighted by atomic mass is 10.3. The van der Waals surface area contributed by atoms with Gasteiger partial charge in [-0.3, -0.25) is 0 Å². The summed E-state index contributed by atoms with van der Waals surface area (Å²) in [5.41, 5.74) is 0. The van der Waals surface area contributed by atoms with Crippen LogP contribution in [0.3, 0.4) is 0 Å². The standard InChI is InChI=1S/C12H13BrO2/c13-8-5-11(14-9-1-2-9)7-12(6-8)15-10-3-4-10/h5-7,9-10H,1-4H2. The Morgan fingerprint density at radius 2 is 1.33 bits per heavy atom. The van der Waals surface area contributed by atoms with Crippen LogP contribution in [0.15, 0.2) is 22.7 Å². The highest BCUT2D eigenvalue weighted by molar-refractivity contribution is 9.10. The zero-order chi connectivity index (χ0) is 10.3. The van der Waals surface area contributed by atoms with Gasteiger partial charge in [-0.05, 0) is 37.8 Å². The molecule has 0 atom stereocenters. The molecule has 0 radical (unpaired) electrons. The van der Waals surface area contributed by atoms with Crippen LogP contribution < -0.4 is 9.47 Å². The molecule has 0 aliphatic heterocycles. The van der Waals surface area contributed by atoms with Crippen molar-refractivity contribution >= 4 is 15.9 Å². The van der Waals surface area contributed by atoms with Crippen LogP contribution >= 0.6 is 15.9 Å². The third-order valence-corrected chi connectivity index (χ3v) is 2.96. The number of hydrogen-bond donors (Lipinski definition) is 0. The number of rotatable bonds is 4. The maximum Gasteiger partial charge on any atom is 0.124 e. The molecule has 1 aromatic carbocycles. The van der Waals surface area contributed by atoms with Gasteiger partial charge in [-0.1, -0.05) is 15.9 Å². The summed E-state index contributed by atoms with van der Waals surface area (Å²) in [7, 11) is 0. The molecule has 80 valence electrons. The fourth-order valence-corrected chi connectivity index (χ4v) is 1.88. The van der Waals surface area contributed by atoms with Gasteiger partial charge < -0.3 is 9.47 Å². The number of ether oxygens (including phenoxy) is 2. The summed E-state index contributed by atoms with van der Waals surface area (Å²) < 4.78 is 12.5. The Kier molecular flexibility index (Phi) is 2.35. The minimum atomic E-state index is 0.438. The molecule has 2 nitrogen and oxygen atoms in total. The molecular weight excluding hydrogens is 256 g/mol. The van der Waals surface area contributed by atoms with Gasteiger partial charge in [-0.25, -0.2) is 0 Å². The lowest BCUT2D eigenvalue weighted by Crippen LogP contribution is -1.99. The molecule has 0 spiro atoms. The number of halogens is 1. The first-order valence-corrected chi connectivity index (χ1v) is 6.23. The van der Waals surface area contributed by atoms with Gasteiger partial charge in [0.1, 0.15) is 11.5 Å². The Bertz CT molecular complexity index is 338. The molecule has 2 fully saturated rings. The second-order valence-electron chi connectivity index (χ2n) is 4.26. The van der Waals surface area contributed by atoms with Gasteiger partial charge in [0.25, 0.3) is 0 Å². The lowest BCUT2D eigenvalue weighted by molar-refractivity contribution is 0.287. The van der Waals surface area contributed by atoms with Crippen molar-refractivity contribution < 1.29 is 9.47 Å². The lowest BCUT2D eigenvalue weighted by Gasteiger charge is -2.09. The molecule has 1 aromatic rings. The average Bonchev–Trinajstić information content (AvgIpc) is 2.98. The van der Waals surface area contributed by atoms with E-state index in [1.807, 2.05) is 18.2 Å². The van der Waals surface area contributed by atoms with E-state index in [4.69, 9.17) is 9.47 Å². The Morgan fingerprint density at radius 3 is 1.73 bits per heavy atom. The van der Waals surface area contributed by atoms with Crippen molar-refractivity contribution in [2.75, 3.05) is 0 Å². The Morgan fingerprint density at radius 1 is 0.867 bits per heavy atom. The fraction of sp³-hybridized carbons (Fsp3) is 0.500. The second-order valence-corrected chi connectivity index (χ2v) is 5.17. The SMILES string of the molecule is Brc1cc(OC2CC2)cc(OC2CC2)c1. The van der Waals surface area contributed by atoms with E-state index in [1.165, 1.54) is 25.7 Å². The quantitative estimate of drug-likeness (QED) is 0.832. The van der Waals surface area contributed by atoms with Crippen molar-refractivity contribution in [2.24, 2.45) is 0 Å². The molecule has 3 rings (SSSR count). The van der Waals surface area contributed by atoms with Crippen LogP contribution in [-0.4, -0.2) is 12.2 Å². The van der Waals surface area contributed by atoms with Crippen molar-refractivity contribution in [2.45, 2.75) is 37.9 Å². The van der Waals surface area contributed by atoms with E-state index in [0.717, 1.165) is 16.0 Å². The zero-order valence-corrected chi connectivity index (χ0v) is 10.00. The van der Waals surface area contributed by atoms with Gasteiger partial charge in [-0.2, -0.15) is 0 Å². The summed E-state index contributed by atoms with van der Waals surface area (Å²) in [5.74, 6) is 1.84. The summed E-state index contributed by atoms with van der Waals surface area (Å²) in [5, 5.41) is 0. The van der Waals surface area contributed by atoms with Crippen LogP contribution in [0.25, 0.3) is 0 Å². The van der Waals surface area contributed by atoms with Gasteiger partial charge in [0, 0.05) is 10.5 Å². The Labute approximate surface area is 97.7 Å². The molecule has 0 amide bonds. The number of hydrogen-bond acceptors (Lipinski definition) is 2. The van der Waals surface area contributed by atoms with Gasteiger partial charge in [0.15, 0.2) is 0 Å². The van der Waals surface area contributed by atoms with Crippen molar-refractivity contribution in [1.82, 2.24) is 0 Å². The molecule has 2 saturated carbocycles. The smallest absolute Gasteiger partial charge is 0.124 e. The first-order valence-electron chi connectivity index (χ1n) is 5.43. The average molecular weight is 269 g/mol. The van der Waals surface area contributed by atoms with Crippen molar-refractivity contribution in [1.29, 1.82) is 0 Å². The largest absolute Gasteiger partial charge is 0.490 e. The van der Waals surface area contributed by atoms with E-state index in [9.17, 15) is 0 Å². The summed E-state index contributed by atoms with van der Waals surface area (Å²) >= 11 is 3.47. The topological polar surface area (TPSA) is 18.5 Å². The summed E-state index contributed by atoms with van der Waals surface area (Å²) in [6, 6.07) is 5.98. The maximum atomic E-state index is 5.74. The highest BCUT2D eigenvalue weighted by atomic mass is 79.9. The molecule has 0 unspecified atom stereocenters. The molecule has 0 aromatic heterocycles. The monoisotopic (exact) mass is 268 g/mol. The fourth-order valence-electron chi connectivity index (χ4n) is 1.43. The molecular formula is C12H13BrO2. The van der Waals surface area contributed by atoms with Gasteiger partial charge in [0.05, 0.1) is 12.2 Å². The summed E-state index contributed by atoms with van der Waals surface area (Å²) in [6.07, 6.45) is 5.62. The van der Waals surface area contributed by atoms with Gasteiger partial charge in [-0.15, -0.1) is 0 Å². The number of benzene rings is 1. The molecule has 0 heterocycles. The maximum absolute atomic E-state index is 5.74. The molecule has 0 N–H and O–H groups in total. The molecule has 3 heteroatoms. The van der Waals surface area contributed by atoms with Crippen LogP contribution in [0.4, 0.5) is 0 Å². The van der Waals surface area contributed by atoms with E-state index in [-0.39, 0.29) is 0 Å². The van der Waals surface area contributed by atoms with Crippen LogP contribution in [0.5, 0.6) is 11.5 Å². The predicted octanol–water partition coefficient (Wildman–Crippen LogP) is 3.53. The van der Waals surface area contributed by atoms with Crippen LogP contribution in [0.1, 0.15) is 25.7 Å². The third-order valence-electron chi connectivity index (χ3n) is 2.50. The van der Waals surface area contributed by atoms with Crippen molar-refractivity contribution in [3.8, 4) is 11.5 Å². The van der Waals surface area contributed by atoms with Crippen LogP contribution in [-0.2, 0) is 0 Å². The Hall–Kier alpha value is -0.700. The van der Waals surface area contributed by atoms with Gasteiger partial charge in [0.2, 0.25) is 0 Å². The highest BCUT2D eigenvalue weighted by Gasteiger charge is 2.25.